The first-order chi connectivity index (χ1) is 13.8. The van der Waals surface area contributed by atoms with Gasteiger partial charge in [0.25, 0.3) is 0 Å². The van der Waals surface area contributed by atoms with E-state index in [1.54, 1.807) is 0 Å². The summed E-state index contributed by atoms with van der Waals surface area (Å²) in [6.45, 7) is -2.67. The number of hydrogen-bond acceptors (Lipinski definition) is 6. The predicted molar refractivity (Wildman–Crippen MR) is 96.5 cm³/mol. The van der Waals surface area contributed by atoms with Gasteiger partial charge in [0, 0.05) is 25.2 Å². The van der Waals surface area contributed by atoms with Crippen molar-refractivity contribution < 1.29 is 32.5 Å². The van der Waals surface area contributed by atoms with E-state index in [1.807, 2.05) is 0 Å². The van der Waals surface area contributed by atoms with E-state index < -0.39 is 35.5 Å². The fourth-order valence-corrected chi connectivity index (χ4v) is 3.71. The summed E-state index contributed by atoms with van der Waals surface area (Å²) in [5.74, 6) is -1.93. The maximum Gasteiger partial charge on any atom is 0.511 e. The molecule has 1 aromatic heterocycles. The van der Waals surface area contributed by atoms with Gasteiger partial charge in [0.1, 0.15) is 5.69 Å². The normalized spacial score (nSPS) is 19.2. The zero-order valence-corrected chi connectivity index (χ0v) is 15.1. The third kappa shape index (κ3) is 3.57. The number of hydrogen-bond donors (Lipinski definition) is 2. The number of carboxylic acid groups (broad SMARTS) is 1. The summed E-state index contributed by atoms with van der Waals surface area (Å²) in [6, 6.07) is 0.484. The quantitative estimate of drug-likeness (QED) is 0.726. The van der Waals surface area contributed by atoms with Gasteiger partial charge in [-0.15, -0.1) is 0 Å². The molecule has 2 heterocycles. The predicted octanol–water partition coefficient (Wildman–Crippen LogP) is 2.67. The fraction of sp³-hybridized carbons (Fsp3) is 0.444. The van der Waals surface area contributed by atoms with E-state index in [0.29, 0.717) is 25.8 Å². The summed E-state index contributed by atoms with van der Waals surface area (Å²) in [7, 11) is 0. The van der Waals surface area contributed by atoms with Crippen molar-refractivity contribution in [3.63, 3.8) is 0 Å². The van der Waals surface area contributed by atoms with Gasteiger partial charge in [-0.05, 0) is 25.3 Å². The number of anilines is 1. The van der Waals surface area contributed by atoms with Crippen molar-refractivity contribution >= 4 is 22.7 Å². The largest absolute Gasteiger partial charge is 0.511 e. The number of alkyl halides is 2. The molecule has 0 amide bonds. The summed E-state index contributed by atoms with van der Waals surface area (Å²) in [5.41, 5.74) is 4.74. The van der Waals surface area contributed by atoms with Gasteiger partial charge >= 0.3 is 12.8 Å². The smallest absolute Gasteiger partial charge is 0.449 e. The summed E-state index contributed by atoms with van der Waals surface area (Å²) >= 11 is 0. The minimum Gasteiger partial charge on any atom is -0.449 e. The molecule has 0 radical (unpaired) electrons. The lowest BCUT2D eigenvalue weighted by molar-refractivity contribution is -0.0488. The number of benzene rings is 1. The average molecular weight is 413 g/mol. The molecule has 8 nitrogen and oxygen atoms in total. The highest BCUT2D eigenvalue weighted by atomic mass is 19.3. The summed E-state index contributed by atoms with van der Waals surface area (Å²) in [6.07, 6.45) is 1.34. The number of rotatable bonds is 5. The molecule has 1 saturated heterocycles. The van der Waals surface area contributed by atoms with Crippen molar-refractivity contribution in [1.82, 2.24) is 4.57 Å². The van der Waals surface area contributed by atoms with Gasteiger partial charge in [-0.2, -0.15) is 8.78 Å². The van der Waals surface area contributed by atoms with Crippen LogP contribution in [0.3, 0.4) is 0 Å². The number of fused-ring (bicyclic) bond motifs is 1. The zero-order valence-electron chi connectivity index (χ0n) is 15.1. The number of pyridine rings is 1. The molecule has 1 aliphatic heterocycles. The molecule has 1 aliphatic carbocycles. The Hall–Kier alpha value is -2.95. The Bertz CT molecular complexity index is 1040. The number of carbonyl (C=O) groups is 1. The molecule has 3 N–H and O–H groups in total. The second kappa shape index (κ2) is 7.14. The molecular formula is C18H18F3N3O5. The zero-order chi connectivity index (χ0) is 20.9. The molecule has 1 atom stereocenters. The van der Waals surface area contributed by atoms with Crippen LogP contribution in [0, 0.1) is 5.82 Å². The lowest BCUT2D eigenvalue weighted by atomic mass is 10.1. The second-order valence-electron chi connectivity index (χ2n) is 7.13. The van der Waals surface area contributed by atoms with Crippen LogP contribution in [-0.4, -0.2) is 41.6 Å². The van der Waals surface area contributed by atoms with E-state index in [-0.39, 0.29) is 35.2 Å². The van der Waals surface area contributed by atoms with E-state index in [4.69, 9.17) is 15.6 Å². The van der Waals surface area contributed by atoms with Gasteiger partial charge < -0.3 is 29.8 Å². The molecule has 1 aromatic carbocycles. The van der Waals surface area contributed by atoms with Crippen LogP contribution in [0.1, 0.15) is 25.3 Å². The van der Waals surface area contributed by atoms with Crippen molar-refractivity contribution in [1.29, 1.82) is 0 Å². The first-order valence-corrected chi connectivity index (χ1v) is 9.03. The van der Waals surface area contributed by atoms with Crippen LogP contribution in [-0.2, 0) is 0 Å². The average Bonchev–Trinajstić information content (AvgIpc) is 3.38. The molecule has 156 valence electrons. The molecule has 1 unspecified atom stereocenters. The van der Waals surface area contributed by atoms with Crippen molar-refractivity contribution in [2.45, 2.75) is 38.0 Å². The van der Waals surface area contributed by atoms with Crippen LogP contribution in [0.2, 0.25) is 0 Å². The monoisotopic (exact) mass is 413 g/mol. The maximum atomic E-state index is 15.0. The Morgan fingerprint density at radius 3 is 2.59 bits per heavy atom. The van der Waals surface area contributed by atoms with E-state index in [1.165, 1.54) is 9.47 Å². The molecule has 2 aliphatic rings. The van der Waals surface area contributed by atoms with Gasteiger partial charge in [0.05, 0.1) is 17.1 Å². The first kappa shape index (κ1) is 19.4. The van der Waals surface area contributed by atoms with Crippen LogP contribution < -0.4 is 25.5 Å². The highest BCUT2D eigenvalue weighted by molar-refractivity contribution is 5.92. The van der Waals surface area contributed by atoms with E-state index in [0.717, 1.165) is 12.3 Å². The van der Waals surface area contributed by atoms with E-state index in [9.17, 15) is 18.4 Å². The van der Waals surface area contributed by atoms with Crippen molar-refractivity contribution in [2.75, 3.05) is 18.0 Å². The van der Waals surface area contributed by atoms with Crippen molar-refractivity contribution in [3.05, 3.63) is 28.3 Å². The number of halogens is 3. The number of nitrogens with zero attached hydrogens (tertiary/aromatic N) is 2. The van der Waals surface area contributed by atoms with E-state index in [2.05, 4.69) is 4.74 Å². The minimum atomic E-state index is -3.26. The molecule has 11 heteroatoms. The molecule has 0 spiro atoms. The third-order valence-corrected chi connectivity index (χ3v) is 5.05. The van der Waals surface area contributed by atoms with Crippen molar-refractivity contribution in [3.8, 4) is 11.5 Å². The standard InChI is InChI=1S/C18H18F3N3O5/c19-11-5-10-13(16(29-17(20)21)14(11)23-4-3-8(22)6-23)24(9-1-2-9)7-12(15(10)25)28-18(26)27/h5,7-9,17H,1-4,6,22H2,(H,26,27). The first-order valence-electron chi connectivity index (χ1n) is 9.03. The second-order valence-corrected chi connectivity index (χ2v) is 7.13. The fourth-order valence-electron chi connectivity index (χ4n) is 3.71. The third-order valence-electron chi connectivity index (χ3n) is 5.05. The Kier molecular flexibility index (Phi) is 4.77. The highest BCUT2D eigenvalue weighted by Gasteiger charge is 2.33. The summed E-state index contributed by atoms with van der Waals surface area (Å²) in [5, 5.41) is 8.57. The Labute approximate surface area is 162 Å². The Balaban J connectivity index is 2.03. The SMILES string of the molecule is NC1CCN(c2c(F)cc3c(=O)c(OC(=O)O)cn(C4CC4)c3c2OC(F)F)C1. The summed E-state index contributed by atoms with van der Waals surface area (Å²) < 4.78 is 52.2. The Morgan fingerprint density at radius 1 is 1.31 bits per heavy atom. The lowest BCUT2D eigenvalue weighted by Crippen LogP contribution is -2.28. The van der Waals surface area contributed by atoms with Gasteiger partial charge in [0.2, 0.25) is 5.43 Å². The van der Waals surface area contributed by atoms with Gasteiger partial charge in [-0.25, -0.2) is 9.18 Å². The summed E-state index contributed by atoms with van der Waals surface area (Å²) in [4.78, 5) is 25.1. The Morgan fingerprint density at radius 2 is 2.03 bits per heavy atom. The topological polar surface area (TPSA) is 107 Å². The van der Waals surface area contributed by atoms with Crippen LogP contribution in [0.5, 0.6) is 11.5 Å². The lowest BCUT2D eigenvalue weighted by Gasteiger charge is -2.25. The number of ether oxygens (including phenoxy) is 2. The molecule has 0 bridgehead atoms. The molecule has 2 fully saturated rings. The number of nitrogens with two attached hydrogens (primary N) is 1. The highest BCUT2D eigenvalue weighted by Crippen LogP contribution is 2.45. The molecule has 2 aromatic rings. The van der Waals surface area contributed by atoms with Gasteiger partial charge in [-0.3, -0.25) is 4.79 Å². The molecular weight excluding hydrogens is 395 g/mol. The van der Waals surface area contributed by atoms with E-state index >= 15 is 4.39 Å². The van der Waals surface area contributed by atoms with Crippen LogP contribution in [0.25, 0.3) is 10.9 Å². The maximum absolute atomic E-state index is 15.0. The minimum absolute atomic E-state index is 0.0209. The van der Waals surface area contributed by atoms with Crippen LogP contribution >= 0.6 is 0 Å². The van der Waals surface area contributed by atoms with Gasteiger partial charge in [0.15, 0.2) is 17.3 Å². The molecule has 1 saturated carbocycles. The van der Waals surface area contributed by atoms with Crippen molar-refractivity contribution in [2.24, 2.45) is 5.73 Å². The van der Waals surface area contributed by atoms with Crippen LogP contribution in [0.4, 0.5) is 23.7 Å². The van der Waals surface area contributed by atoms with Gasteiger partial charge in [-0.1, -0.05) is 0 Å². The molecule has 4 rings (SSSR count). The number of aromatic nitrogens is 1. The van der Waals surface area contributed by atoms with Crippen LogP contribution in [0.15, 0.2) is 17.1 Å². The molecule has 29 heavy (non-hydrogen) atoms.